The van der Waals surface area contributed by atoms with Crippen LogP contribution in [0.15, 0.2) is 17.0 Å². The second kappa shape index (κ2) is 6.30. The minimum Gasteiger partial charge on any atom is -0.465 e. The maximum Gasteiger partial charge on any atom is 0.446 e. The van der Waals surface area contributed by atoms with E-state index in [0.717, 1.165) is 7.11 Å². The molecule has 0 atom stereocenters. The van der Waals surface area contributed by atoms with Crippen molar-refractivity contribution in [1.29, 1.82) is 5.26 Å². The highest BCUT2D eigenvalue weighted by Crippen LogP contribution is 2.40. The van der Waals surface area contributed by atoms with Crippen molar-refractivity contribution in [2.24, 2.45) is 0 Å². The standard InChI is InChI=1S/C11H7BrF3NO2S/c1-18-10(17)9-6(5-16)2-3-8(7(9)4-12)19-11(13,14)15/h2-3H,4H2,1H3. The van der Waals surface area contributed by atoms with Crippen molar-refractivity contribution in [3.63, 3.8) is 0 Å². The summed E-state index contributed by atoms with van der Waals surface area (Å²) in [5, 5.41) is 8.91. The van der Waals surface area contributed by atoms with Crippen LogP contribution in [0.4, 0.5) is 13.2 Å². The summed E-state index contributed by atoms with van der Waals surface area (Å²) in [6.07, 6.45) is 0. The van der Waals surface area contributed by atoms with E-state index in [9.17, 15) is 18.0 Å². The van der Waals surface area contributed by atoms with E-state index in [2.05, 4.69) is 20.7 Å². The van der Waals surface area contributed by atoms with Crippen LogP contribution in [0.5, 0.6) is 0 Å². The summed E-state index contributed by atoms with van der Waals surface area (Å²) in [4.78, 5) is 11.5. The summed E-state index contributed by atoms with van der Waals surface area (Å²) < 4.78 is 41.8. The molecule has 0 aliphatic rings. The number of nitriles is 1. The van der Waals surface area contributed by atoms with Crippen LogP contribution in [0.1, 0.15) is 21.5 Å². The van der Waals surface area contributed by atoms with Crippen LogP contribution in [-0.2, 0) is 10.1 Å². The van der Waals surface area contributed by atoms with Gasteiger partial charge in [0, 0.05) is 10.2 Å². The molecule has 3 nitrogen and oxygen atoms in total. The van der Waals surface area contributed by atoms with Crippen LogP contribution < -0.4 is 0 Å². The SMILES string of the molecule is COC(=O)c1c(C#N)ccc(SC(F)(F)F)c1CBr. The van der Waals surface area contributed by atoms with Gasteiger partial charge in [0.15, 0.2) is 0 Å². The number of ether oxygens (including phenoxy) is 1. The highest BCUT2D eigenvalue weighted by molar-refractivity contribution is 9.08. The lowest BCUT2D eigenvalue weighted by molar-refractivity contribution is -0.0328. The van der Waals surface area contributed by atoms with Crippen molar-refractivity contribution in [3.8, 4) is 6.07 Å². The van der Waals surface area contributed by atoms with Crippen LogP contribution in [-0.4, -0.2) is 18.6 Å². The second-order valence-electron chi connectivity index (χ2n) is 3.25. The molecule has 0 N–H and O–H groups in total. The van der Waals surface area contributed by atoms with Crippen LogP contribution >= 0.6 is 27.7 Å². The van der Waals surface area contributed by atoms with Crippen molar-refractivity contribution >= 4 is 33.7 Å². The van der Waals surface area contributed by atoms with Gasteiger partial charge in [-0.05, 0) is 29.5 Å². The molecule has 19 heavy (non-hydrogen) atoms. The number of carbonyl (C=O) groups is 1. The third-order valence-corrected chi connectivity index (χ3v) is 3.53. The molecular weight excluding hydrogens is 347 g/mol. The van der Waals surface area contributed by atoms with Gasteiger partial charge >= 0.3 is 11.5 Å². The Bertz CT molecular complexity index is 540. The van der Waals surface area contributed by atoms with Crippen LogP contribution in [0.3, 0.4) is 0 Å². The Morgan fingerprint density at radius 2 is 2.16 bits per heavy atom. The largest absolute Gasteiger partial charge is 0.465 e. The van der Waals surface area contributed by atoms with E-state index in [1.165, 1.54) is 12.1 Å². The number of esters is 1. The Morgan fingerprint density at radius 3 is 2.58 bits per heavy atom. The van der Waals surface area contributed by atoms with Crippen LogP contribution in [0.25, 0.3) is 0 Å². The molecule has 0 bridgehead atoms. The molecule has 0 radical (unpaired) electrons. The third kappa shape index (κ3) is 3.88. The quantitative estimate of drug-likeness (QED) is 0.470. The minimum absolute atomic E-state index is 0.00532. The second-order valence-corrected chi connectivity index (χ2v) is 4.92. The number of halogens is 4. The lowest BCUT2D eigenvalue weighted by atomic mass is 10.0. The van der Waals surface area contributed by atoms with Gasteiger partial charge in [0.05, 0.1) is 18.2 Å². The maximum atomic E-state index is 12.4. The molecule has 0 aliphatic carbocycles. The van der Waals surface area contributed by atoms with Crippen molar-refractivity contribution in [2.75, 3.05) is 7.11 Å². The van der Waals surface area contributed by atoms with Gasteiger partial charge in [-0.15, -0.1) is 0 Å². The van der Waals surface area contributed by atoms with E-state index in [1.807, 2.05) is 0 Å². The zero-order valence-corrected chi connectivity index (χ0v) is 11.9. The van der Waals surface area contributed by atoms with Gasteiger partial charge in [-0.2, -0.15) is 18.4 Å². The Kier molecular flexibility index (Phi) is 5.26. The number of benzene rings is 1. The van der Waals surface area contributed by atoms with Crippen molar-refractivity contribution in [1.82, 2.24) is 0 Å². The van der Waals surface area contributed by atoms with Gasteiger partial charge < -0.3 is 4.74 Å². The Morgan fingerprint density at radius 1 is 1.53 bits per heavy atom. The monoisotopic (exact) mass is 353 g/mol. The van der Waals surface area contributed by atoms with Gasteiger partial charge in [-0.25, -0.2) is 4.79 Å². The van der Waals surface area contributed by atoms with E-state index >= 15 is 0 Å². The van der Waals surface area contributed by atoms with Crippen LogP contribution in [0.2, 0.25) is 0 Å². The highest BCUT2D eigenvalue weighted by Gasteiger charge is 2.32. The molecule has 0 amide bonds. The predicted molar refractivity (Wildman–Crippen MR) is 67.0 cm³/mol. The van der Waals surface area contributed by atoms with Gasteiger partial charge in [0.2, 0.25) is 0 Å². The first-order valence-corrected chi connectivity index (χ1v) is 6.73. The normalized spacial score (nSPS) is 10.9. The fraction of sp³-hybridized carbons (Fsp3) is 0.273. The van der Waals surface area contributed by atoms with Crippen molar-refractivity contribution in [2.45, 2.75) is 15.7 Å². The fourth-order valence-electron chi connectivity index (χ4n) is 1.41. The van der Waals surface area contributed by atoms with Gasteiger partial charge in [-0.3, -0.25) is 0 Å². The first kappa shape index (κ1) is 15.9. The highest BCUT2D eigenvalue weighted by atomic mass is 79.9. The molecule has 0 heterocycles. The number of rotatable bonds is 3. The molecule has 0 unspecified atom stereocenters. The molecule has 1 aromatic carbocycles. The average molecular weight is 354 g/mol. The predicted octanol–water partition coefficient (Wildman–Crippen LogP) is 3.85. The molecule has 0 fully saturated rings. The van der Waals surface area contributed by atoms with E-state index in [1.54, 1.807) is 6.07 Å². The fourth-order valence-corrected chi connectivity index (χ4v) is 2.86. The van der Waals surface area contributed by atoms with Gasteiger partial charge in [0.25, 0.3) is 0 Å². The van der Waals surface area contributed by atoms with Gasteiger partial charge in [-0.1, -0.05) is 15.9 Å². The Balaban J connectivity index is 3.45. The lowest BCUT2D eigenvalue weighted by Crippen LogP contribution is -2.10. The third-order valence-electron chi connectivity index (χ3n) is 2.14. The summed E-state index contributed by atoms with van der Waals surface area (Å²) in [6.45, 7) is 0. The molecule has 0 saturated carbocycles. The molecular formula is C11H7BrF3NO2S. The molecule has 1 aromatic rings. The summed E-state index contributed by atoms with van der Waals surface area (Å²) in [5.74, 6) is -0.837. The lowest BCUT2D eigenvalue weighted by Gasteiger charge is -2.13. The van der Waals surface area contributed by atoms with Crippen molar-refractivity contribution in [3.05, 3.63) is 28.8 Å². The van der Waals surface area contributed by atoms with Crippen molar-refractivity contribution < 1.29 is 22.7 Å². The van der Waals surface area contributed by atoms with E-state index in [4.69, 9.17) is 5.26 Å². The zero-order valence-electron chi connectivity index (χ0n) is 9.55. The number of hydrogen-bond acceptors (Lipinski definition) is 4. The van der Waals surface area contributed by atoms with E-state index < -0.39 is 11.5 Å². The number of nitrogens with zero attached hydrogens (tertiary/aromatic N) is 1. The number of carbonyl (C=O) groups excluding carboxylic acids is 1. The summed E-state index contributed by atoms with van der Waals surface area (Å²) in [5.41, 5.74) is -4.55. The number of hydrogen-bond donors (Lipinski definition) is 0. The Hall–Kier alpha value is -1.20. The summed E-state index contributed by atoms with van der Waals surface area (Å²) in [6, 6.07) is 4.10. The molecule has 0 aliphatic heterocycles. The van der Waals surface area contributed by atoms with Crippen LogP contribution in [0, 0.1) is 11.3 Å². The molecule has 0 spiro atoms. The molecule has 1 rings (SSSR count). The summed E-state index contributed by atoms with van der Waals surface area (Å²) in [7, 11) is 1.10. The van der Waals surface area contributed by atoms with E-state index in [0.29, 0.717) is 0 Å². The average Bonchev–Trinajstić information content (AvgIpc) is 2.35. The zero-order chi connectivity index (χ0) is 14.6. The Labute approximate surface area is 119 Å². The van der Waals surface area contributed by atoms with E-state index in [-0.39, 0.29) is 38.7 Å². The molecule has 102 valence electrons. The first-order valence-electron chi connectivity index (χ1n) is 4.80. The molecule has 8 heteroatoms. The van der Waals surface area contributed by atoms with Gasteiger partial charge in [0.1, 0.15) is 6.07 Å². The smallest absolute Gasteiger partial charge is 0.446 e. The topological polar surface area (TPSA) is 50.1 Å². The molecule has 0 saturated heterocycles. The number of thioether (sulfide) groups is 1. The minimum atomic E-state index is -4.47. The number of methoxy groups -OCH3 is 1. The first-order chi connectivity index (χ1) is 8.84. The molecule has 0 aromatic heterocycles. The maximum absolute atomic E-state index is 12.4. The summed E-state index contributed by atoms with van der Waals surface area (Å²) >= 11 is 2.70. The number of alkyl halides is 4.